The SMILES string of the molecule is CC(CCN)c1cccc(CC2(O)CC2)c1. The molecule has 1 atom stereocenters. The van der Waals surface area contributed by atoms with E-state index in [1.165, 1.54) is 11.1 Å². The van der Waals surface area contributed by atoms with Gasteiger partial charge in [0.15, 0.2) is 0 Å². The molecule has 0 heterocycles. The largest absolute Gasteiger partial charge is 0.390 e. The third-order valence-corrected chi connectivity index (χ3v) is 3.48. The normalized spacial score (nSPS) is 19.4. The number of hydrogen-bond donors (Lipinski definition) is 2. The summed E-state index contributed by atoms with van der Waals surface area (Å²) in [5.41, 5.74) is 7.77. The van der Waals surface area contributed by atoms with E-state index in [1.807, 2.05) is 0 Å². The summed E-state index contributed by atoms with van der Waals surface area (Å²) in [5.74, 6) is 0.513. The highest BCUT2D eigenvalue weighted by atomic mass is 16.3. The van der Waals surface area contributed by atoms with Gasteiger partial charge in [-0.25, -0.2) is 0 Å². The monoisotopic (exact) mass is 219 g/mol. The van der Waals surface area contributed by atoms with Crippen molar-refractivity contribution in [3.8, 4) is 0 Å². The van der Waals surface area contributed by atoms with E-state index in [0.29, 0.717) is 5.92 Å². The molecule has 88 valence electrons. The first-order valence-electron chi connectivity index (χ1n) is 6.14. The fourth-order valence-corrected chi connectivity index (χ4v) is 2.13. The Balaban J connectivity index is 2.06. The van der Waals surface area contributed by atoms with Gasteiger partial charge < -0.3 is 10.8 Å². The summed E-state index contributed by atoms with van der Waals surface area (Å²) >= 11 is 0. The Hall–Kier alpha value is -0.860. The van der Waals surface area contributed by atoms with Crippen LogP contribution in [0.15, 0.2) is 24.3 Å². The van der Waals surface area contributed by atoms with Crippen LogP contribution < -0.4 is 5.73 Å². The van der Waals surface area contributed by atoms with Crippen LogP contribution in [0.4, 0.5) is 0 Å². The zero-order chi connectivity index (χ0) is 11.6. The van der Waals surface area contributed by atoms with Crippen molar-refractivity contribution in [1.82, 2.24) is 0 Å². The summed E-state index contributed by atoms with van der Waals surface area (Å²) in [6.07, 6.45) is 3.73. The second kappa shape index (κ2) is 4.56. The van der Waals surface area contributed by atoms with E-state index in [4.69, 9.17) is 5.73 Å². The highest BCUT2D eigenvalue weighted by Crippen LogP contribution is 2.38. The minimum Gasteiger partial charge on any atom is -0.390 e. The molecule has 0 spiro atoms. The van der Waals surface area contributed by atoms with Gasteiger partial charge in [-0.1, -0.05) is 31.2 Å². The Kier molecular flexibility index (Phi) is 3.31. The minimum atomic E-state index is -0.393. The highest BCUT2D eigenvalue weighted by molar-refractivity contribution is 5.28. The lowest BCUT2D eigenvalue weighted by molar-refractivity contribution is 0.151. The molecule has 2 heteroatoms. The second-order valence-electron chi connectivity index (χ2n) is 5.12. The molecule has 3 N–H and O–H groups in total. The van der Waals surface area contributed by atoms with E-state index in [1.54, 1.807) is 0 Å². The van der Waals surface area contributed by atoms with E-state index < -0.39 is 5.60 Å². The van der Waals surface area contributed by atoms with Crippen molar-refractivity contribution in [3.63, 3.8) is 0 Å². The van der Waals surface area contributed by atoms with Gasteiger partial charge in [0.25, 0.3) is 0 Å². The van der Waals surface area contributed by atoms with Gasteiger partial charge in [-0.2, -0.15) is 0 Å². The van der Waals surface area contributed by atoms with Crippen molar-refractivity contribution in [2.75, 3.05) is 6.54 Å². The molecule has 1 aromatic rings. The average molecular weight is 219 g/mol. The molecule has 1 unspecified atom stereocenters. The maximum absolute atomic E-state index is 9.90. The molecule has 0 radical (unpaired) electrons. The first kappa shape index (κ1) is 11.6. The van der Waals surface area contributed by atoms with Crippen LogP contribution in [-0.2, 0) is 6.42 Å². The van der Waals surface area contributed by atoms with Crippen LogP contribution in [0, 0.1) is 0 Å². The van der Waals surface area contributed by atoms with Crippen molar-refractivity contribution >= 4 is 0 Å². The van der Waals surface area contributed by atoms with Crippen molar-refractivity contribution in [1.29, 1.82) is 0 Å². The Morgan fingerprint density at radius 1 is 1.44 bits per heavy atom. The van der Waals surface area contributed by atoms with E-state index in [2.05, 4.69) is 31.2 Å². The van der Waals surface area contributed by atoms with Gasteiger partial charge in [0.2, 0.25) is 0 Å². The molecule has 1 fully saturated rings. The van der Waals surface area contributed by atoms with Gasteiger partial charge in [-0.15, -0.1) is 0 Å². The number of aliphatic hydroxyl groups is 1. The van der Waals surface area contributed by atoms with Gasteiger partial charge >= 0.3 is 0 Å². The van der Waals surface area contributed by atoms with Crippen molar-refractivity contribution < 1.29 is 5.11 Å². The molecular weight excluding hydrogens is 198 g/mol. The Morgan fingerprint density at radius 2 is 2.19 bits per heavy atom. The molecule has 0 bridgehead atoms. The van der Waals surface area contributed by atoms with Gasteiger partial charge in [-0.3, -0.25) is 0 Å². The average Bonchev–Trinajstić information content (AvgIpc) is 2.97. The Bertz CT molecular complexity index is 358. The third-order valence-electron chi connectivity index (χ3n) is 3.48. The lowest BCUT2D eigenvalue weighted by Crippen LogP contribution is -2.11. The summed E-state index contributed by atoms with van der Waals surface area (Å²) < 4.78 is 0. The zero-order valence-corrected chi connectivity index (χ0v) is 9.95. The lowest BCUT2D eigenvalue weighted by atomic mass is 9.94. The van der Waals surface area contributed by atoms with Crippen molar-refractivity contribution in [2.45, 2.75) is 44.1 Å². The predicted molar refractivity (Wildman–Crippen MR) is 66.4 cm³/mol. The van der Waals surface area contributed by atoms with Crippen molar-refractivity contribution in [2.24, 2.45) is 5.73 Å². The fraction of sp³-hybridized carbons (Fsp3) is 0.571. The first-order chi connectivity index (χ1) is 7.63. The molecule has 0 aliphatic heterocycles. The zero-order valence-electron chi connectivity index (χ0n) is 9.95. The molecule has 16 heavy (non-hydrogen) atoms. The van der Waals surface area contributed by atoms with Gasteiger partial charge in [0, 0.05) is 6.42 Å². The summed E-state index contributed by atoms with van der Waals surface area (Å²) in [4.78, 5) is 0. The third kappa shape index (κ3) is 2.83. The molecule has 0 saturated heterocycles. The Morgan fingerprint density at radius 3 is 2.81 bits per heavy atom. The topological polar surface area (TPSA) is 46.2 Å². The van der Waals surface area contributed by atoms with Gasteiger partial charge in [0.05, 0.1) is 5.60 Å². The predicted octanol–water partition coefficient (Wildman–Crippen LogP) is 2.21. The van der Waals surface area contributed by atoms with E-state index in [0.717, 1.165) is 32.2 Å². The molecule has 0 aromatic heterocycles. The van der Waals surface area contributed by atoms with E-state index >= 15 is 0 Å². The molecule has 2 rings (SSSR count). The second-order valence-corrected chi connectivity index (χ2v) is 5.12. The van der Waals surface area contributed by atoms with Gasteiger partial charge in [-0.05, 0) is 42.9 Å². The molecule has 1 aromatic carbocycles. The molecular formula is C14H21NO. The summed E-state index contributed by atoms with van der Waals surface area (Å²) in [7, 11) is 0. The minimum absolute atomic E-state index is 0.393. The van der Waals surface area contributed by atoms with E-state index in [9.17, 15) is 5.11 Å². The first-order valence-corrected chi connectivity index (χ1v) is 6.14. The summed E-state index contributed by atoms with van der Waals surface area (Å²) in [5, 5.41) is 9.90. The molecule has 0 amide bonds. The number of rotatable bonds is 5. The van der Waals surface area contributed by atoms with Crippen LogP contribution >= 0.6 is 0 Å². The molecule has 1 saturated carbocycles. The maximum Gasteiger partial charge on any atom is 0.0690 e. The van der Waals surface area contributed by atoms with Crippen LogP contribution in [0.5, 0.6) is 0 Å². The smallest absolute Gasteiger partial charge is 0.0690 e. The quantitative estimate of drug-likeness (QED) is 0.797. The van der Waals surface area contributed by atoms with Crippen molar-refractivity contribution in [3.05, 3.63) is 35.4 Å². The number of benzene rings is 1. The molecule has 1 aliphatic rings. The fourth-order valence-electron chi connectivity index (χ4n) is 2.13. The van der Waals surface area contributed by atoms with Crippen LogP contribution in [0.3, 0.4) is 0 Å². The standard InChI is InChI=1S/C14H21NO/c1-11(5-8-15)13-4-2-3-12(9-13)10-14(16)6-7-14/h2-4,9,11,16H,5-8,10,15H2,1H3. The van der Waals surface area contributed by atoms with Gasteiger partial charge in [0.1, 0.15) is 0 Å². The maximum atomic E-state index is 9.90. The number of hydrogen-bond acceptors (Lipinski definition) is 2. The van der Waals surface area contributed by atoms with E-state index in [-0.39, 0.29) is 0 Å². The summed E-state index contributed by atoms with van der Waals surface area (Å²) in [6, 6.07) is 8.57. The lowest BCUT2D eigenvalue weighted by Gasteiger charge is -2.13. The number of nitrogens with two attached hydrogens (primary N) is 1. The Labute approximate surface area is 97.5 Å². The highest BCUT2D eigenvalue weighted by Gasteiger charge is 2.40. The van der Waals surface area contributed by atoms with Crippen LogP contribution in [0.2, 0.25) is 0 Å². The summed E-state index contributed by atoms with van der Waals surface area (Å²) in [6.45, 7) is 2.94. The molecule has 2 nitrogen and oxygen atoms in total. The van der Waals surface area contributed by atoms with Crippen LogP contribution in [0.25, 0.3) is 0 Å². The van der Waals surface area contributed by atoms with Crippen LogP contribution in [0.1, 0.15) is 43.2 Å². The van der Waals surface area contributed by atoms with Crippen LogP contribution in [-0.4, -0.2) is 17.3 Å². The molecule has 1 aliphatic carbocycles.